The van der Waals surface area contributed by atoms with Crippen molar-refractivity contribution in [2.24, 2.45) is 5.73 Å². The summed E-state index contributed by atoms with van der Waals surface area (Å²) in [6.07, 6.45) is 6.75. The summed E-state index contributed by atoms with van der Waals surface area (Å²) in [5.74, 6) is 0. The Kier molecular flexibility index (Phi) is 4.42. The van der Waals surface area contributed by atoms with Crippen molar-refractivity contribution in [3.05, 3.63) is 0 Å². The lowest BCUT2D eigenvalue weighted by Crippen LogP contribution is -2.28. The number of likely N-dealkylation sites (tertiary alicyclic amines) is 2. The fourth-order valence-corrected chi connectivity index (χ4v) is 2.74. The van der Waals surface area contributed by atoms with Crippen molar-refractivity contribution >= 4 is 0 Å². The fraction of sp³-hybridized carbons (Fsp3) is 1.00. The summed E-state index contributed by atoms with van der Waals surface area (Å²) in [4.78, 5) is 5.13. The Balaban J connectivity index is 1.48. The van der Waals surface area contributed by atoms with Crippen molar-refractivity contribution in [2.45, 2.75) is 38.1 Å². The fourth-order valence-electron chi connectivity index (χ4n) is 2.74. The van der Waals surface area contributed by atoms with Crippen LogP contribution in [0.15, 0.2) is 0 Å². The Labute approximate surface area is 93.6 Å². The molecule has 0 amide bonds. The number of hydrogen-bond acceptors (Lipinski definition) is 3. The molecule has 2 N–H and O–H groups in total. The minimum Gasteiger partial charge on any atom is -0.326 e. The molecular weight excluding hydrogens is 186 g/mol. The van der Waals surface area contributed by atoms with Gasteiger partial charge in [-0.1, -0.05) is 0 Å². The minimum atomic E-state index is 0.448. The van der Waals surface area contributed by atoms with E-state index >= 15 is 0 Å². The predicted octanol–water partition coefficient (Wildman–Crippen LogP) is 0.895. The van der Waals surface area contributed by atoms with Gasteiger partial charge in [0.25, 0.3) is 0 Å². The molecule has 1 atom stereocenters. The van der Waals surface area contributed by atoms with Crippen molar-refractivity contribution in [3.63, 3.8) is 0 Å². The van der Waals surface area contributed by atoms with Gasteiger partial charge in [-0.25, -0.2) is 0 Å². The summed E-state index contributed by atoms with van der Waals surface area (Å²) in [6.45, 7) is 7.62. The van der Waals surface area contributed by atoms with Gasteiger partial charge in [0.2, 0.25) is 0 Å². The average Bonchev–Trinajstić information content (AvgIpc) is 2.84. The molecule has 0 radical (unpaired) electrons. The number of hydrogen-bond donors (Lipinski definition) is 1. The highest BCUT2D eigenvalue weighted by atomic mass is 15.2. The lowest BCUT2D eigenvalue weighted by Gasteiger charge is -2.17. The molecule has 2 heterocycles. The van der Waals surface area contributed by atoms with E-state index in [-0.39, 0.29) is 0 Å². The molecule has 1 unspecified atom stereocenters. The molecule has 0 bridgehead atoms. The van der Waals surface area contributed by atoms with Crippen LogP contribution in [-0.2, 0) is 0 Å². The number of nitrogens with two attached hydrogens (primary N) is 1. The summed E-state index contributed by atoms with van der Waals surface area (Å²) in [7, 11) is 0. The maximum atomic E-state index is 5.88. The van der Waals surface area contributed by atoms with Crippen molar-refractivity contribution in [2.75, 3.05) is 39.3 Å². The topological polar surface area (TPSA) is 32.5 Å². The summed E-state index contributed by atoms with van der Waals surface area (Å²) in [5, 5.41) is 0. The largest absolute Gasteiger partial charge is 0.326 e. The third kappa shape index (κ3) is 3.74. The molecule has 88 valence electrons. The van der Waals surface area contributed by atoms with E-state index in [2.05, 4.69) is 9.80 Å². The van der Waals surface area contributed by atoms with E-state index in [0.717, 1.165) is 6.54 Å². The smallest absolute Gasteiger partial charge is 0.0180 e. The van der Waals surface area contributed by atoms with Gasteiger partial charge in [-0.05, 0) is 64.8 Å². The molecule has 2 saturated heterocycles. The van der Waals surface area contributed by atoms with Gasteiger partial charge < -0.3 is 15.5 Å². The quantitative estimate of drug-likeness (QED) is 0.686. The first-order valence-electron chi connectivity index (χ1n) is 6.55. The van der Waals surface area contributed by atoms with Crippen molar-refractivity contribution in [1.82, 2.24) is 9.80 Å². The molecule has 0 spiro atoms. The van der Waals surface area contributed by atoms with E-state index in [1.54, 1.807) is 0 Å². The highest BCUT2D eigenvalue weighted by Gasteiger charge is 2.18. The van der Waals surface area contributed by atoms with Gasteiger partial charge in [-0.3, -0.25) is 0 Å². The van der Waals surface area contributed by atoms with Crippen LogP contribution in [0, 0.1) is 0 Å². The molecule has 0 aromatic carbocycles. The van der Waals surface area contributed by atoms with Crippen LogP contribution in [0.4, 0.5) is 0 Å². The van der Waals surface area contributed by atoms with Crippen molar-refractivity contribution in [1.29, 1.82) is 0 Å². The zero-order valence-electron chi connectivity index (χ0n) is 9.83. The van der Waals surface area contributed by atoms with Gasteiger partial charge in [0.15, 0.2) is 0 Å². The zero-order valence-corrected chi connectivity index (χ0v) is 9.83. The summed E-state index contributed by atoms with van der Waals surface area (Å²) in [5.41, 5.74) is 5.88. The summed E-state index contributed by atoms with van der Waals surface area (Å²) in [6, 6.07) is 0.448. The Bertz CT molecular complexity index is 178. The van der Waals surface area contributed by atoms with E-state index in [4.69, 9.17) is 5.73 Å². The molecule has 2 rings (SSSR count). The normalized spacial score (nSPS) is 29.0. The maximum Gasteiger partial charge on any atom is 0.0180 e. The molecule has 15 heavy (non-hydrogen) atoms. The Morgan fingerprint density at radius 3 is 2.20 bits per heavy atom. The standard InChI is InChI=1S/C12H25N3/c13-12-5-10-15(11-12)9-4-3-8-14-6-1-2-7-14/h12H,1-11,13H2. The lowest BCUT2D eigenvalue weighted by molar-refractivity contribution is 0.294. The van der Waals surface area contributed by atoms with E-state index in [9.17, 15) is 0 Å². The molecule has 3 heteroatoms. The van der Waals surface area contributed by atoms with Gasteiger partial charge in [-0.2, -0.15) is 0 Å². The molecule has 0 saturated carbocycles. The van der Waals surface area contributed by atoms with Gasteiger partial charge in [0.05, 0.1) is 0 Å². The number of rotatable bonds is 5. The second kappa shape index (κ2) is 5.83. The third-order valence-electron chi connectivity index (χ3n) is 3.71. The van der Waals surface area contributed by atoms with E-state index < -0.39 is 0 Å². The molecular formula is C12H25N3. The molecule has 2 fully saturated rings. The predicted molar refractivity (Wildman–Crippen MR) is 63.9 cm³/mol. The molecule has 2 aliphatic rings. The van der Waals surface area contributed by atoms with Crippen LogP contribution in [0.3, 0.4) is 0 Å². The Morgan fingerprint density at radius 2 is 1.60 bits per heavy atom. The van der Waals surface area contributed by atoms with Crippen LogP contribution in [0.25, 0.3) is 0 Å². The second-order valence-electron chi connectivity index (χ2n) is 5.11. The Morgan fingerprint density at radius 1 is 0.933 bits per heavy atom. The zero-order chi connectivity index (χ0) is 10.5. The Hall–Kier alpha value is -0.120. The van der Waals surface area contributed by atoms with Crippen LogP contribution in [-0.4, -0.2) is 55.1 Å². The summed E-state index contributed by atoms with van der Waals surface area (Å²) >= 11 is 0. The first-order chi connectivity index (χ1) is 7.34. The first kappa shape index (κ1) is 11.4. The van der Waals surface area contributed by atoms with E-state index in [1.807, 2.05) is 0 Å². The van der Waals surface area contributed by atoms with Crippen LogP contribution in [0.2, 0.25) is 0 Å². The number of unbranched alkanes of at least 4 members (excludes halogenated alkanes) is 1. The summed E-state index contributed by atoms with van der Waals surface area (Å²) < 4.78 is 0. The van der Waals surface area contributed by atoms with Crippen LogP contribution >= 0.6 is 0 Å². The van der Waals surface area contributed by atoms with Gasteiger partial charge in [0.1, 0.15) is 0 Å². The van der Waals surface area contributed by atoms with Crippen LogP contribution in [0.5, 0.6) is 0 Å². The van der Waals surface area contributed by atoms with E-state index in [0.29, 0.717) is 6.04 Å². The second-order valence-corrected chi connectivity index (χ2v) is 5.11. The minimum absolute atomic E-state index is 0.448. The highest BCUT2D eigenvalue weighted by molar-refractivity contribution is 4.77. The molecule has 0 aromatic heterocycles. The molecule has 3 nitrogen and oxygen atoms in total. The van der Waals surface area contributed by atoms with Crippen LogP contribution < -0.4 is 5.73 Å². The van der Waals surface area contributed by atoms with Crippen LogP contribution in [0.1, 0.15) is 32.1 Å². The van der Waals surface area contributed by atoms with Crippen molar-refractivity contribution < 1.29 is 0 Å². The van der Waals surface area contributed by atoms with Gasteiger partial charge in [-0.15, -0.1) is 0 Å². The average molecular weight is 211 g/mol. The maximum absolute atomic E-state index is 5.88. The van der Waals surface area contributed by atoms with Crippen molar-refractivity contribution in [3.8, 4) is 0 Å². The monoisotopic (exact) mass is 211 g/mol. The molecule has 2 aliphatic heterocycles. The first-order valence-corrected chi connectivity index (χ1v) is 6.55. The molecule has 0 aliphatic carbocycles. The third-order valence-corrected chi connectivity index (χ3v) is 3.71. The lowest BCUT2D eigenvalue weighted by atomic mass is 10.3. The van der Waals surface area contributed by atoms with Gasteiger partial charge >= 0.3 is 0 Å². The highest BCUT2D eigenvalue weighted by Crippen LogP contribution is 2.10. The number of nitrogens with zero attached hydrogens (tertiary/aromatic N) is 2. The molecule has 0 aromatic rings. The van der Waals surface area contributed by atoms with Gasteiger partial charge in [0, 0.05) is 12.6 Å². The van der Waals surface area contributed by atoms with E-state index in [1.165, 1.54) is 64.8 Å². The SMILES string of the molecule is NC1CCN(CCCCN2CCCC2)C1.